The van der Waals surface area contributed by atoms with Crippen molar-refractivity contribution in [3.8, 4) is 11.8 Å². The van der Waals surface area contributed by atoms with Gasteiger partial charge in [0.2, 0.25) is 0 Å². The number of carbonyl (C=O) groups is 1. The molecule has 0 heterocycles. The largest absolute Gasteiger partial charge is 0.468 e. The predicted octanol–water partition coefficient (Wildman–Crippen LogP) is 1.56. The van der Waals surface area contributed by atoms with Gasteiger partial charge in [-0.3, -0.25) is 4.79 Å². The van der Waals surface area contributed by atoms with E-state index >= 15 is 0 Å². The molecule has 0 aromatic heterocycles. The van der Waals surface area contributed by atoms with Gasteiger partial charge in [0.05, 0.1) is 7.11 Å². The molecule has 0 aliphatic heterocycles. The Balaban J connectivity index is 1.98. The Hall–Kier alpha value is -0.970. The number of carbonyl (C=O) groups excluding carboxylic acids is 1. The van der Waals surface area contributed by atoms with Crippen LogP contribution in [0, 0.1) is 24.2 Å². The number of hydrogen-bond donors (Lipinski definition) is 0. The predicted molar refractivity (Wildman–Crippen MR) is 46.1 cm³/mol. The van der Waals surface area contributed by atoms with E-state index in [1.54, 1.807) is 0 Å². The number of esters is 1. The first-order valence-electron chi connectivity index (χ1n) is 4.19. The molecule has 0 aromatic rings. The smallest absolute Gasteiger partial charge is 0.317 e. The maximum absolute atomic E-state index is 10.6. The van der Waals surface area contributed by atoms with Gasteiger partial charge in [0.1, 0.15) is 6.42 Å². The van der Waals surface area contributed by atoms with Gasteiger partial charge in [-0.1, -0.05) is 5.92 Å². The summed E-state index contributed by atoms with van der Waals surface area (Å²) in [5.74, 6) is 6.29. The van der Waals surface area contributed by atoms with Crippen LogP contribution in [-0.2, 0) is 9.53 Å². The van der Waals surface area contributed by atoms with Crippen LogP contribution in [-0.4, -0.2) is 13.1 Å². The number of methoxy groups -OCH3 is 1. The lowest BCUT2D eigenvalue weighted by Gasteiger charge is -1.89. The Kier molecular flexibility index (Phi) is 3.66. The van der Waals surface area contributed by atoms with E-state index in [2.05, 4.69) is 23.0 Å². The molecule has 65 valence electrons. The van der Waals surface area contributed by atoms with Gasteiger partial charge in [-0.2, -0.15) is 0 Å². The Labute approximate surface area is 73.3 Å². The fourth-order valence-electron chi connectivity index (χ4n) is 0.885. The van der Waals surface area contributed by atoms with Crippen molar-refractivity contribution in [2.75, 3.05) is 7.11 Å². The van der Waals surface area contributed by atoms with Crippen LogP contribution in [0.3, 0.4) is 0 Å². The van der Waals surface area contributed by atoms with Gasteiger partial charge in [0.25, 0.3) is 0 Å². The fraction of sp³-hybridized carbons (Fsp3) is 0.600. The van der Waals surface area contributed by atoms with Crippen LogP contribution in [0.1, 0.15) is 25.7 Å². The van der Waals surface area contributed by atoms with E-state index in [4.69, 9.17) is 0 Å². The maximum Gasteiger partial charge on any atom is 0.317 e. The second-order valence-corrected chi connectivity index (χ2v) is 2.88. The average Bonchev–Trinajstić information content (AvgIpc) is 2.87. The second-order valence-electron chi connectivity index (χ2n) is 2.88. The van der Waals surface area contributed by atoms with Crippen molar-refractivity contribution < 1.29 is 9.53 Å². The zero-order chi connectivity index (χ0) is 8.81. The minimum atomic E-state index is -0.250. The van der Waals surface area contributed by atoms with Crippen LogP contribution < -0.4 is 0 Å². The Morgan fingerprint density at radius 1 is 1.67 bits per heavy atom. The first-order valence-corrected chi connectivity index (χ1v) is 4.19. The molecule has 1 unspecified atom stereocenters. The standard InChI is InChI=1S/C10H13O2/c1-12-10(11)6-4-2-3-5-9-7-8-9/h7,9H,3,5-6,8H2,1H3. The topological polar surface area (TPSA) is 26.3 Å². The van der Waals surface area contributed by atoms with Crippen LogP contribution in [0.2, 0.25) is 0 Å². The normalized spacial score (nSPS) is 14.8. The highest BCUT2D eigenvalue weighted by Gasteiger charge is 2.19. The van der Waals surface area contributed by atoms with Crippen molar-refractivity contribution in [1.82, 2.24) is 0 Å². The van der Waals surface area contributed by atoms with Gasteiger partial charge >= 0.3 is 5.97 Å². The van der Waals surface area contributed by atoms with Crippen molar-refractivity contribution in [2.45, 2.75) is 25.7 Å². The molecule has 2 nitrogen and oxygen atoms in total. The molecule has 2 heteroatoms. The molecule has 12 heavy (non-hydrogen) atoms. The molecule has 0 amide bonds. The van der Waals surface area contributed by atoms with E-state index in [0.717, 1.165) is 18.8 Å². The van der Waals surface area contributed by atoms with Crippen LogP contribution >= 0.6 is 0 Å². The minimum Gasteiger partial charge on any atom is -0.468 e. The molecular weight excluding hydrogens is 152 g/mol. The summed E-state index contributed by atoms with van der Waals surface area (Å²) in [4.78, 5) is 10.6. The average molecular weight is 165 g/mol. The minimum absolute atomic E-state index is 0.227. The lowest BCUT2D eigenvalue weighted by atomic mass is 10.2. The summed E-state index contributed by atoms with van der Waals surface area (Å²) in [6.45, 7) is 0. The highest BCUT2D eigenvalue weighted by Crippen LogP contribution is 2.31. The summed E-state index contributed by atoms with van der Waals surface area (Å²) in [5.41, 5.74) is 0. The van der Waals surface area contributed by atoms with E-state index < -0.39 is 0 Å². The van der Waals surface area contributed by atoms with Crippen LogP contribution in [0.4, 0.5) is 0 Å². The van der Waals surface area contributed by atoms with Crippen molar-refractivity contribution in [3.05, 3.63) is 6.42 Å². The Morgan fingerprint density at radius 3 is 3.00 bits per heavy atom. The molecule has 0 saturated heterocycles. The molecule has 1 fully saturated rings. The third-order valence-corrected chi connectivity index (χ3v) is 1.79. The monoisotopic (exact) mass is 165 g/mol. The summed E-state index contributed by atoms with van der Waals surface area (Å²) in [6, 6.07) is 0. The third-order valence-electron chi connectivity index (χ3n) is 1.79. The van der Waals surface area contributed by atoms with Crippen molar-refractivity contribution >= 4 is 5.97 Å². The molecule has 1 rings (SSSR count). The van der Waals surface area contributed by atoms with E-state index in [-0.39, 0.29) is 12.4 Å². The summed E-state index contributed by atoms with van der Waals surface area (Å²) in [6.07, 6.45) is 5.80. The first kappa shape index (κ1) is 9.12. The molecule has 0 N–H and O–H groups in total. The molecule has 1 aliphatic carbocycles. The van der Waals surface area contributed by atoms with E-state index in [1.165, 1.54) is 13.5 Å². The quantitative estimate of drug-likeness (QED) is 0.468. The van der Waals surface area contributed by atoms with Crippen LogP contribution in [0.25, 0.3) is 0 Å². The zero-order valence-electron chi connectivity index (χ0n) is 7.30. The molecular formula is C10H13O2. The summed E-state index contributed by atoms with van der Waals surface area (Å²) in [7, 11) is 1.38. The lowest BCUT2D eigenvalue weighted by Crippen LogP contribution is -1.96. The molecule has 1 saturated carbocycles. The summed E-state index contributed by atoms with van der Waals surface area (Å²) >= 11 is 0. The highest BCUT2D eigenvalue weighted by molar-refractivity contribution is 5.72. The molecule has 1 atom stereocenters. The first-order chi connectivity index (χ1) is 5.83. The Morgan fingerprint density at radius 2 is 2.42 bits per heavy atom. The van der Waals surface area contributed by atoms with Crippen molar-refractivity contribution in [1.29, 1.82) is 0 Å². The summed E-state index contributed by atoms with van der Waals surface area (Å²) < 4.78 is 4.44. The Bertz CT molecular complexity index is 206. The number of rotatable bonds is 3. The van der Waals surface area contributed by atoms with Gasteiger partial charge in [-0.25, -0.2) is 0 Å². The van der Waals surface area contributed by atoms with Crippen molar-refractivity contribution in [2.24, 2.45) is 5.92 Å². The molecule has 0 bridgehead atoms. The summed E-state index contributed by atoms with van der Waals surface area (Å²) in [5, 5.41) is 0. The van der Waals surface area contributed by atoms with Crippen LogP contribution in [0.5, 0.6) is 0 Å². The van der Waals surface area contributed by atoms with Gasteiger partial charge in [-0.15, -0.1) is 5.92 Å². The van der Waals surface area contributed by atoms with E-state index in [1.807, 2.05) is 0 Å². The SMILES string of the molecule is COC(=O)CC#CCCC1[CH]C1. The van der Waals surface area contributed by atoms with Gasteiger partial charge in [-0.05, 0) is 25.2 Å². The second kappa shape index (κ2) is 4.82. The van der Waals surface area contributed by atoms with Gasteiger partial charge in [0, 0.05) is 6.42 Å². The van der Waals surface area contributed by atoms with E-state index in [9.17, 15) is 4.79 Å². The molecule has 1 radical (unpaired) electrons. The zero-order valence-corrected chi connectivity index (χ0v) is 7.30. The van der Waals surface area contributed by atoms with Crippen LogP contribution in [0.15, 0.2) is 0 Å². The molecule has 0 aromatic carbocycles. The molecule has 1 aliphatic rings. The van der Waals surface area contributed by atoms with Crippen molar-refractivity contribution in [3.63, 3.8) is 0 Å². The van der Waals surface area contributed by atoms with Gasteiger partial charge in [0.15, 0.2) is 0 Å². The van der Waals surface area contributed by atoms with Gasteiger partial charge < -0.3 is 4.74 Å². The number of hydrogen-bond acceptors (Lipinski definition) is 2. The third kappa shape index (κ3) is 4.02. The molecule has 0 spiro atoms. The fourth-order valence-corrected chi connectivity index (χ4v) is 0.885. The number of ether oxygens (including phenoxy) is 1. The lowest BCUT2D eigenvalue weighted by molar-refractivity contribution is -0.139. The van der Waals surface area contributed by atoms with E-state index in [0.29, 0.717) is 0 Å². The maximum atomic E-state index is 10.6. The highest BCUT2D eigenvalue weighted by atomic mass is 16.5.